The van der Waals surface area contributed by atoms with Gasteiger partial charge in [-0.1, -0.05) is 68.5 Å². The number of benzene rings is 1. The van der Waals surface area contributed by atoms with Gasteiger partial charge in [0.1, 0.15) is 6.61 Å². The molecule has 1 aromatic rings. The molecule has 0 radical (unpaired) electrons. The maximum absolute atomic E-state index is 12.7. The number of allylic oxidation sites excluding steroid dienone is 1. The van der Waals surface area contributed by atoms with Crippen molar-refractivity contribution in [2.45, 2.75) is 101 Å². The Kier molecular flexibility index (Phi) is 8.17. The molecular formula is C25H37NO3. The second kappa shape index (κ2) is 10.8. The normalized spacial score (nSPS) is 25.8. The molecule has 2 saturated heterocycles. The van der Waals surface area contributed by atoms with Gasteiger partial charge in [-0.3, -0.25) is 0 Å². The monoisotopic (exact) mass is 399 g/mol. The quantitative estimate of drug-likeness (QED) is 0.367. The molecule has 2 unspecified atom stereocenters. The largest absolute Gasteiger partial charge is 0.445 e. The van der Waals surface area contributed by atoms with E-state index in [0.29, 0.717) is 19.4 Å². The van der Waals surface area contributed by atoms with E-state index in [4.69, 9.17) is 4.74 Å². The predicted octanol–water partition coefficient (Wildman–Crippen LogP) is 5.99. The number of amides is 1. The highest BCUT2D eigenvalue weighted by Gasteiger charge is 2.49. The zero-order chi connectivity index (χ0) is 20.5. The number of unbranched alkanes of at least 4 members (excludes halogenated alkanes) is 6. The molecular weight excluding hydrogens is 362 g/mol. The van der Waals surface area contributed by atoms with Crippen molar-refractivity contribution < 1.29 is 14.6 Å². The molecule has 2 bridgehead atoms. The minimum Gasteiger partial charge on any atom is -0.445 e. The van der Waals surface area contributed by atoms with Crippen LogP contribution in [0.15, 0.2) is 43.0 Å². The van der Waals surface area contributed by atoms with E-state index in [1.54, 1.807) is 0 Å². The van der Waals surface area contributed by atoms with Gasteiger partial charge in [0.05, 0.1) is 5.60 Å². The molecule has 4 heteroatoms. The Bertz CT molecular complexity index is 631. The lowest BCUT2D eigenvalue weighted by atomic mass is 9.82. The lowest BCUT2D eigenvalue weighted by Gasteiger charge is -2.43. The van der Waals surface area contributed by atoms with Crippen molar-refractivity contribution in [3.05, 3.63) is 48.6 Å². The third kappa shape index (κ3) is 6.33. The number of carbonyl (C=O) groups is 1. The lowest BCUT2D eigenvalue weighted by Crippen LogP contribution is -2.53. The fourth-order valence-corrected chi connectivity index (χ4v) is 5.07. The fraction of sp³-hybridized carbons (Fsp3) is 0.640. The van der Waals surface area contributed by atoms with Crippen LogP contribution in [0.5, 0.6) is 0 Å². The number of rotatable bonds is 11. The van der Waals surface area contributed by atoms with E-state index in [9.17, 15) is 9.90 Å². The zero-order valence-electron chi connectivity index (χ0n) is 17.7. The maximum atomic E-state index is 12.7. The molecule has 3 rings (SSSR count). The summed E-state index contributed by atoms with van der Waals surface area (Å²) in [6.07, 6.45) is 14.4. The molecule has 1 N–H and O–H groups in total. The molecule has 1 aromatic carbocycles. The number of hydrogen-bond acceptors (Lipinski definition) is 3. The van der Waals surface area contributed by atoms with Crippen molar-refractivity contribution in [3.63, 3.8) is 0 Å². The van der Waals surface area contributed by atoms with Gasteiger partial charge in [0.2, 0.25) is 0 Å². The molecule has 1 amide bonds. The van der Waals surface area contributed by atoms with Crippen molar-refractivity contribution in [1.82, 2.24) is 4.90 Å². The first-order chi connectivity index (χ1) is 14.1. The highest BCUT2D eigenvalue weighted by atomic mass is 16.6. The van der Waals surface area contributed by atoms with Gasteiger partial charge in [-0.25, -0.2) is 4.79 Å². The number of piperidine rings is 1. The number of nitrogens with zero attached hydrogens (tertiary/aromatic N) is 1. The number of ether oxygens (including phenoxy) is 1. The molecule has 29 heavy (non-hydrogen) atoms. The Morgan fingerprint density at radius 1 is 1.07 bits per heavy atom. The molecule has 2 aliphatic rings. The van der Waals surface area contributed by atoms with E-state index in [0.717, 1.165) is 37.7 Å². The summed E-state index contributed by atoms with van der Waals surface area (Å²) in [5.74, 6) is 0. The maximum Gasteiger partial charge on any atom is 0.410 e. The van der Waals surface area contributed by atoms with Crippen molar-refractivity contribution in [2.24, 2.45) is 0 Å². The van der Waals surface area contributed by atoms with E-state index in [-0.39, 0.29) is 18.2 Å². The van der Waals surface area contributed by atoms with Crippen LogP contribution in [0.2, 0.25) is 0 Å². The third-order valence-electron chi connectivity index (χ3n) is 6.57. The molecule has 0 spiro atoms. The molecule has 2 heterocycles. The first kappa shape index (κ1) is 21.9. The summed E-state index contributed by atoms with van der Waals surface area (Å²) in [5.41, 5.74) is 0.399. The highest BCUT2D eigenvalue weighted by molar-refractivity contribution is 5.69. The van der Waals surface area contributed by atoms with Crippen LogP contribution in [-0.2, 0) is 11.3 Å². The number of carbonyl (C=O) groups excluding carboxylic acids is 1. The summed E-state index contributed by atoms with van der Waals surface area (Å²) in [7, 11) is 0. The summed E-state index contributed by atoms with van der Waals surface area (Å²) < 4.78 is 5.57. The SMILES string of the molecule is C=CCCCCCCCCC1(O)CC2CCC(C1)N2C(=O)OCc1ccccc1. The van der Waals surface area contributed by atoms with E-state index >= 15 is 0 Å². The molecule has 2 atom stereocenters. The van der Waals surface area contributed by atoms with E-state index < -0.39 is 5.60 Å². The minimum absolute atomic E-state index is 0.126. The highest BCUT2D eigenvalue weighted by Crippen LogP contribution is 2.43. The Labute approximate surface area is 175 Å². The van der Waals surface area contributed by atoms with Gasteiger partial charge in [-0.05, 0) is 50.5 Å². The first-order valence-corrected chi connectivity index (χ1v) is 11.4. The van der Waals surface area contributed by atoms with E-state index in [1.165, 1.54) is 32.1 Å². The summed E-state index contributed by atoms with van der Waals surface area (Å²) in [6.45, 7) is 4.08. The number of fused-ring (bicyclic) bond motifs is 2. The van der Waals surface area contributed by atoms with Crippen LogP contribution < -0.4 is 0 Å². The molecule has 0 aromatic heterocycles. The summed E-state index contributed by atoms with van der Waals surface area (Å²) in [6, 6.07) is 10.1. The smallest absolute Gasteiger partial charge is 0.410 e. The van der Waals surface area contributed by atoms with Crippen LogP contribution >= 0.6 is 0 Å². The van der Waals surface area contributed by atoms with Crippen molar-refractivity contribution in [2.75, 3.05) is 0 Å². The van der Waals surface area contributed by atoms with Crippen LogP contribution in [0.1, 0.15) is 82.6 Å². The van der Waals surface area contributed by atoms with Crippen LogP contribution in [0.4, 0.5) is 4.79 Å². The average molecular weight is 400 g/mol. The van der Waals surface area contributed by atoms with Crippen LogP contribution in [0.3, 0.4) is 0 Å². The molecule has 160 valence electrons. The van der Waals surface area contributed by atoms with Crippen LogP contribution in [-0.4, -0.2) is 33.8 Å². The van der Waals surface area contributed by atoms with Crippen molar-refractivity contribution in [3.8, 4) is 0 Å². The summed E-state index contributed by atoms with van der Waals surface area (Å²) in [4.78, 5) is 14.6. The Morgan fingerprint density at radius 3 is 2.34 bits per heavy atom. The van der Waals surface area contributed by atoms with Gasteiger partial charge in [0.15, 0.2) is 0 Å². The Hall–Kier alpha value is -1.81. The molecule has 0 aliphatic carbocycles. The van der Waals surface area contributed by atoms with Gasteiger partial charge in [0.25, 0.3) is 0 Å². The standard InChI is InChI=1S/C25H37NO3/c1-2-3-4-5-6-7-8-12-17-25(28)18-22-15-16-23(19-25)26(22)24(27)29-20-21-13-10-9-11-14-21/h2,9-11,13-14,22-23,28H,1,3-8,12,15-20H2. The molecule has 2 aliphatic heterocycles. The van der Waals surface area contributed by atoms with Gasteiger partial charge < -0.3 is 14.7 Å². The molecule has 2 fully saturated rings. The third-order valence-corrected chi connectivity index (χ3v) is 6.57. The molecule has 0 saturated carbocycles. The second-order valence-electron chi connectivity index (χ2n) is 8.91. The molecule has 4 nitrogen and oxygen atoms in total. The van der Waals surface area contributed by atoms with Crippen LogP contribution in [0.25, 0.3) is 0 Å². The second-order valence-corrected chi connectivity index (χ2v) is 8.91. The zero-order valence-corrected chi connectivity index (χ0v) is 17.7. The van der Waals surface area contributed by atoms with E-state index in [2.05, 4.69) is 6.58 Å². The Morgan fingerprint density at radius 2 is 1.69 bits per heavy atom. The summed E-state index contributed by atoms with van der Waals surface area (Å²) in [5, 5.41) is 11.1. The number of hydrogen-bond donors (Lipinski definition) is 1. The Balaban J connectivity index is 1.39. The average Bonchev–Trinajstić information content (AvgIpc) is 3.01. The fourth-order valence-electron chi connectivity index (χ4n) is 5.07. The van der Waals surface area contributed by atoms with Gasteiger partial charge >= 0.3 is 6.09 Å². The first-order valence-electron chi connectivity index (χ1n) is 11.4. The van der Waals surface area contributed by atoms with Gasteiger partial charge in [0, 0.05) is 12.1 Å². The minimum atomic E-state index is -0.606. The van der Waals surface area contributed by atoms with Crippen molar-refractivity contribution in [1.29, 1.82) is 0 Å². The lowest BCUT2D eigenvalue weighted by molar-refractivity contribution is -0.0554. The van der Waals surface area contributed by atoms with E-state index in [1.807, 2.05) is 41.3 Å². The topological polar surface area (TPSA) is 49.8 Å². The summed E-state index contributed by atoms with van der Waals surface area (Å²) >= 11 is 0. The van der Waals surface area contributed by atoms with Gasteiger partial charge in [-0.15, -0.1) is 6.58 Å². The number of aliphatic hydroxyl groups is 1. The van der Waals surface area contributed by atoms with Crippen molar-refractivity contribution >= 4 is 6.09 Å². The van der Waals surface area contributed by atoms with Crippen LogP contribution in [0, 0.1) is 0 Å². The predicted molar refractivity (Wildman–Crippen MR) is 117 cm³/mol. The van der Waals surface area contributed by atoms with Gasteiger partial charge in [-0.2, -0.15) is 0 Å².